The molecular weight excluding hydrogens is 356 g/mol. The van der Waals surface area contributed by atoms with Crippen molar-refractivity contribution in [3.05, 3.63) is 41.0 Å². The van der Waals surface area contributed by atoms with Crippen molar-refractivity contribution in [1.29, 1.82) is 5.26 Å². The number of hydrogen-bond donors (Lipinski definition) is 2. The number of nitrogens with one attached hydrogen (secondary N) is 2. The lowest BCUT2D eigenvalue weighted by atomic mass is 9.89. The van der Waals surface area contributed by atoms with Gasteiger partial charge in [0.2, 0.25) is 0 Å². The van der Waals surface area contributed by atoms with Crippen molar-refractivity contribution in [3.8, 4) is 11.8 Å². The van der Waals surface area contributed by atoms with Gasteiger partial charge in [-0.3, -0.25) is 0 Å². The number of rotatable bonds is 7. The van der Waals surface area contributed by atoms with E-state index in [-0.39, 0.29) is 5.60 Å². The van der Waals surface area contributed by atoms with Crippen LogP contribution in [0.25, 0.3) is 0 Å². The zero-order valence-corrected chi connectivity index (χ0v) is 16.8. The fourth-order valence-electron chi connectivity index (χ4n) is 3.27. The van der Waals surface area contributed by atoms with Crippen LogP contribution in [0, 0.1) is 11.3 Å². The fraction of sp³-hybridized carbons (Fsp3) is 0.429. The number of anilines is 3. The van der Waals surface area contributed by atoms with Gasteiger partial charge in [-0.1, -0.05) is 12.1 Å². The molecule has 1 aromatic heterocycles. The van der Waals surface area contributed by atoms with E-state index in [0.29, 0.717) is 49.1 Å². The van der Waals surface area contributed by atoms with Gasteiger partial charge >= 0.3 is 0 Å². The summed E-state index contributed by atoms with van der Waals surface area (Å²) in [5.74, 6) is 1.89. The quantitative estimate of drug-likeness (QED) is 0.707. The maximum Gasteiger partial charge on any atom is 0.151 e. The van der Waals surface area contributed by atoms with E-state index in [4.69, 9.17) is 19.2 Å². The first kappa shape index (κ1) is 19.9. The third kappa shape index (κ3) is 4.19. The normalized spacial score (nSPS) is 14.7. The molecule has 0 radical (unpaired) electrons. The van der Waals surface area contributed by atoms with E-state index < -0.39 is 0 Å². The highest BCUT2D eigenvalue weighted by Crippen LogP contribution is 2.37. The fourth-order valence-corrected chi connectivity index (χ4v) is 3.27. The lowest BCUT2D eigenvalue weighted by Crippen LogP contribution is -2.33. The van der Waals surface area contributed by atoms with Crippen molar-refractivity contribution < 1.29 is 14.2 Å². The molecule has 7 heteroatoms. The zero-order chi connectivity index (χ0) is 20.1. The standard InChI is InChI=1S/C21H26N4O3/c1-21(2)11-14-15(12-22)20(24-17-7-5-6-8-18(17)27-4)25-19(16(14)13-28-21)23-9-10-26-3/h5-8H,9-11,13H2,1-4H3,(H2,23,24,25). The summed E-state index contributed by atoms with van der Waals surface area (Å²) < 4.78 is 16.5. The van der Waals surface area contributed by atoms with Crippen LogP contribution in [0.3, 0.4) is 0 Å². The Morgan fingerprint density at radius 3 is 2.71 bits per heavy atom. The number of methoxy groups -OCH3 is 2. The van der Waals surface area contributed by atoms with Crippen LogP contribution in [0.1, 0.15) is 30.5 Å². The monoisotopic (exact) mass is 382 g/mol. The number of hydrogen-bond acceptors (Lipinski definition) is 7. The van der Waals surface area contributed by atoms with Crippen LogP contribution in [0.15, 0.2) is 24.3 Å². The SMILES string of the molecule is COCCNc1nc(Nc2ccccc2OC)c(C#N)c2c1COC(C)(C)C2. The molecule has 2 heterocycles. The van der Waals surface area contributed by atoms with E-state index in [1.165, 1.54) is 0 Å². The second-order valence-electron chi connectivity index (χ2n) is 7.22. The van der Waals surface area contributed by atoms with Crippen molar-refractivity contribution in [1.82, 2.24) is 4.98 Å². The molecule has 0 saturated heterocycles. The molecule has 0 amide bonds. The first-order valence-corrected chi connectivity index (χ1v) is 9.21. The molecule has 7 nitrogen and oxygen atoms in total. The van der Waals surface area contributed by atoms with Crippen LogP contribution in [-0.2, 0) is 22.5 Å². The van der Waals surface area contributed by atoms with Crippen LogP contribution in [-0.4, -0.2) is 38.0 Å². The van der Waals surface area contributed by atoms with Gasteiger partial charge in [-0.2, -0.15) is 5.26 Å². The average molecular weight is 382 g/mol. The van der Waals surface area contributed by atoms with Gasteiger partial charge in [0, 0.05) is 25.6 Å². The molecule has 148 valence electrons. The summed E-state index contributed by atoms with van der Waals surface area (Å²) in [6.07, 6.45) is 0.632. The number of para-hydroxylation sites is 2. The molecule has 0 fully saturated rings. The lowest BCUT2D eigenvalue weighted by Gasteiger charge is -2.33. The molecule has 1 aliphatic heterocycles. The third-order valence-electron chi connectivity index (χ3n) is 4.69. The summed E-state index contributed by atoms with van der Waals surface area (Å²) >= 11 is 0. The molecule has 2 N–H and O–H groups in total. The van der Waals surface area contributed by atoms with Gasteiger partial charge < -0.3 is 24.8 Å². The van der Waals surface area contributed by atoms with Gasteiger partial charge in [-0.05, 0) is 31.5 Å². The minimum absolute atomic E-state index is 0.342. The first-order chi connectivity index (χ1) is 13.5. The highest BCUT2D eigenvalue weighted by molar-refractivity contribution is 5.73. The Morgan fingerprint density at radius 2 is 2.00 bits per heavy atom. The maximum absolute atomic E-state index is 9.91. The maximum atomic E-state index is 9.91. The second-order valence-corrected chi connectivity index (χ2v) is 7.22. The van der Waals surface area contributed by atoms with Crippen LogP contribution < -0.4 is 15.4 Å². The van der Waals surface area contributed by atoms with Crippen LogP contribution >= 0.6 is 0 Å². The highest BCUT2D eigenvalue weighted by atomic mass is 16.5. The minimum atomic E-state index is -0.342. The largest absolute Gasteiger partial charge is 0.495 e. The smallest absolute Gasteiger partial charge is 0.151 e. The van der Waals surface area contributed by atoms with E-state index in [1.54, 1.807) is 14.2 Å². The van der Waals surface area contributed by atoms with Gasteiger partial charge in [0.1, 0.15) is 17.6 Å². The van der Waals surface area contributed by atoms with E-state index in [0.717, 1.165) is 16.8 Å². The van der Waals surface area contributed by atoms with Crippen molar-refractivity contribution in [2.75, 3.05) is 38.0 Å². The predicted octanol–water partition coefficient (Wildman–Crippen LogP) is 3.62. The Balaban J connectivity index is 2.08. The van der Waals surface area contributed by atoms with Crippen LogP contribution in [0.4, 0.5) is 17.3 Å². The molecule has 0 unspecified atom stereocenters. The molecule has 0 atom stereocenters. The summed E-state index contributed by atoms with van der Waals surface area (Å²) in [6.45, 7) is 5.64. The lowest BCUT2D eigenvalue weighted by molar-refractivity contribution is -0.0399. The Labute approximate surface area is 165 Å². The highest BCUT2D eigenvalue weighted by Gasteiger charge is 2.32. The Hall–Kier alpha value is -2.82. The summed E-state index contributed by atoms with van der Waals surface area (Å²) in [7, 11) is 3.27. The molecule has 0 aliphatic carbocycles. The minimum Gasteiger partial charge on any atom is -0.495 e. The summed E-state index contributed by atoms with van der Waals surface area (Å²) in [4.78, 5) is 4.71. The predicted molar refractivity (Wildman–Crippen MR) is 108 cm³/mol. The van der Waals surface area contributed by atoms with Crippen LogP contribution in [0.5, 0.6) is 5.75 Å². The topological polar surface area (TPSA) is 88.4 Å². The van der Waals surface area contributed by atoms with E-state index in [2.05, 4.69) is 16.7 Å². The molecule has 3 rings (SSSR count). The number of nitrogens with zero attached hydrogens (tertiary/aromatic N) is 2. The summed E-state index contributed by atoms with van der Waals surface area (Å²) in [5.41, 5.74) is 2.84. The third-order valence-corrected chi connectivity index (χ3v) is 4.69. The van der Waals surface area contributed by atoms with E-state index in [9.17, 15) is 5.26 Å². The van der Waals surface area contributed by atoms with Gasteiger partial charge in [0.05, 0.1) is 37.2 Å². The number of pyridine rings is 1. The molecule has 1 aromatic carbocycles. The van der Waals surface area contributed by atoms with Gasteiger partial charge in [0.15, 0.2) is 5.82 Å². The van der Waals surface area contributed by atoms with Gasteiger partial charge in [-0.25, -0.2) is 4.98 Å². The molecule has 1 aliphatic rings. The number of aromatic nitrogens is 1. The number of nitriles is 1. The molecule has 0 spiro atoms. The summed E-state index contributed by atoms with van der Waals surface area (Å²) in [5, 5.41) is 16.5. The molecule has 0 saturated carbocycles. The Kier molecular flexibility index (Phi) is 6.02. The first-order valence-electron chi connectivity index (χ1n) is 9.21. The number of ether oxygens (including phenoxy) is 3. The summed E-state index contributed by atoms with van der Waals surface area (Å²) in [6, 6.07) is 9.90. The molecule has 28 heavy (non-hydrogen) atoms. The number of fused-ring (bicyclic) bond motifs is 1. The van der Waals surface area contributed by atoms with Gasteiger partial charge in [0.25, 0.3) is 0 Å². The average Bonchev–Trinajstić information content (AvgIpc) is 2.68. The van der Waals surface area contributed by atoms with Crippen molar-refractivity contribution >= 4 is 17.3 Å². The molecular formula is C21H26N4O3. The van der Waals surface area contributed by atoms with Crippen molar-refractivity contribution in [3.63, 3.8) is 0 Å². The van der Waals surface area contributed by atoms with Gasteiger partial charge in [-0.15, -0.1) is 0 Å². The van der Waals surface area contributed by atoms with Crippen LogP contribution in [0.2, 0.25) is 0 Å². The Morgan fingerprint density at radius 1 is 1.21 bits per heavy atom. The van der Waals surface area contributed by atoms with E-state index in [1.807, 2.05) is 38.1 Å². The Bertz CT molecular complexity index is 890. The molecule has 0 bridgehead atoms. The van der Waals surface area contributed by atoms with E-state index >= 15 is 0 Å². The zero-order valence-electron chi connectivity index (χ0n) is 16.8. The second kappa shape index (κ2) is 8.46. The number of benzene rings is 1. The van der Waals surface area contributed by atoms with Crippen molar-refractivity contribution in [2.24, 2.45) is 0 Å². The van der Waals surface area contributed by atoms with Crippen molar-refractivity contribution in [2.45, 2.75) is 32.5 Å². The molecule has 2 aromatic rings.